The molecule has 25 heavy (non-hydrogen) atoms. The summed E-state index contributed by atoms with van der Waals surface area (Å²) in [4.78, 5) is 22.7. The number of hydrogen-bond acceptors (Lipinski definition) is 4. The molecule has 1 aliphatic heterocycles. The second kappa shape index (κ2) is 7.13. The highest BCUT2D eigenvalue weighted by atomic mass is 19.1. The van der Waals surface area contributed by atoms with Gasteiger partial charge >= 0.3 is 0 Å². The van der Waals surface area contributed by atoms with Crippen LogP contribution in [0.25, 0.3) is 0 Å². The number of amides is 1. The van der Waals surface area contributed by atoms with E-state index < -0.39 is 11.6 Å². The highest BCUT2D eigenvalue weighted by Crippen LogP contribution is 2.22. The lowest BCUT2D eigenvalue weighted by atomic mass is 9.99. The molecular weight excluding hydrogens is 326 g/mol. The lowest BCUT2D eigenvalue weighted by Crippen LogP contribution is -2.38. The van der Waals surface area contributed by atoms with Crippen LogP contribution in [0.1, 0.15) is 35.9 Å². The fourth-order valence-electron chi connectivity index (χ4n) is 2.84. The average molecular weight is 346 g/mol. The maximum atomic E-state index is 13.8. The summed E-state index contributed by atoms with van der Waals surface area (Å²) in [5.74, 6) is -1.07. The van der Waals surface area contributed by atoms with Crippen molar-refractivity contribution in [2.75, 3.05) is 18.4 Å². The number of hydrogen-bond donors (Lipinski definition) is 1. The van der Waals surface area contributed by atoms with Crippen molar-refractivity contribution in [2.24, 2.45) is 5.92 Å². The fourth-order valence-corrected chi connectivity index (χ4v) is 2.84. The SMILES string of the molecule is Cc1cc(C(=O)N2CCC(C)CC2)nc(Nc2c(F)cccc2F)n1. The molecule has 0 aliphatic carbocycles. The summed E-state index contributed by atoms with van der Waals surface area (Å²) >= 11 is 0. The van der Waals surface area contributed by atoms with Gasteiger partial charge in [0.15, 0.2) is 0 Å². The monoisotopic (exact) mass is 346 g/mol. The van der Waals surface area contributed by atoms with Crippen LogP contribution in [0.4, 0.5) is 20.4 Å². The van der Waals surface area contributed by atoms with Crippen LogP contribution in [0.3, 0.4) is 0 Å². The van der Waals surface area contributed by atoms with Crippen LogP contribution in [0, 0.1) is 24.5 Å². The van der Waals surface area contributed by atoms with Gasteiger partial charge < -0.3 is 10.2 Å². The molecule has 1 aromatic carbocycles. The number of para-hydroxylation sites is 1. The summed E-state index contributed by atoms with van der Waals surface area (Å²) < 4.78 is 27.6. The van der Waals surface area contributed by atoms with Gasteiger partial charge in [0, 0.05) is 18.8 Å². The van der Waals surface area contributed by atoms with Crippen molar-refractivity contribution in [3.8, 4) is 0 Å². The third-order valence-corrected chi connectivity index (χ3v) is 4.34. The van der Waals surface area contributed by atoms with E-state index in [9.17, 15) is 13.6 Å². The van der Waals surface area contributed by atoms with Gasteiger partial charge in [-0.05, 0) is 43.9 Å². The maximum absolute atomic E-state index is 13.8. The Bertz CT molecular complexity index is 768. The molecular formula is C18H20F2N4O. The Morgan fingerprint density at radius 3 is 2.48 bits per heavy atom. The quantitative estimate of drug-likeness (QED) is 0.921. The van der Waals surface area contributed by atoms with E-state index in [2.05, 4.69) is 22.2 Å². The van der Waals surface area contributed by atoms with Gasteiger partial charge in [-0.2, -0.15) is 0 Å². The first-order valence-electron chi connectivity index (χ1n) is 8.30. The Kier molecular flexibility index (Phi) is 4.92. The first-order chi connectivity index (χ1) is 11.9. The number of piperidine rings is 1. The molecule has 0 radical (unpaired) electrons. The van der Waals surface area contributed by atoms with E-state index >= 15 is 0 Å². The predicted octanol–water partition coefficient (Wildman–Crippen LogP) is 3.68. The largest absolute Gasteiger partial charge is 0.337 e. The van der Waals surface area contributed by atoms with E-state index in [0.717, 1.165) is 25.0 Å². The molecule has 3 rings (SSSR count). The van der Waals surface area contributed by atoms with Crippen LogP contribution in [-0.4, -0.2) is 33.9 Å². The number of halogens is 2. The van der Waals surface area contributed by atoms with Gasteiger partial charge in [-0.3, -0.25) is 4.79 Å². The second-order valence-corrected chi connectivity index (χ2v) is 6.41. The predicted molar refractivity (Wildman–Crippen MR) is 90.7 cm³/mol. The van der Waals surface area contributed by atoms with E-state index in [1.807, 2.05) is 0 Å². The molecule has 1 aliphatic rings. The molecule has 5 nitrogen and oxygen atoms in total. The van der Waals surface area contributed by atoms with E-state index in [0.29, 0.717) is 24.7 Å². The van der Waals surface area contributed by atoms with E-state index in [1.165, 1.54) is 6.07 Å². The summed E-state index contributed by atoms with van der Waals surface area (Å²) in [6.07, 6.45) is 1.92. The molecule has 7 heteroatoms. The molecule has 2 heterocycles. The van der Waals surface area contributed by atoms with Crippen LogP contribution in [0.2, 0.25) is 0 Å². The third-order valence-electron chi connectivity index (χ3n) is 4.34. The van der Waals surface area contributed by atoms with Crippen LogP contribution < -0.4 is 5.32 Å². The van der Waals surface area contributed by atoms with Gasteiger partial charge in [-0.15, -0.1) is 0 Å². The average Bonchev–Trinajstić information content (AvgIpc) is 2.58. The summed E-state index contributed by atoms with van der Waals surface area (Å²) in [6.45, 7) is 5.25. The summed E-state index contributed by atoms with van der Waals surface area (Å²) in [6, 6.07) is 5.15. The highest BCUT2D eigenvalue weighted by Gasteiger charge is 2.23. The Hall–Kier alpha value is -2.57. The molecule has 0 unspecified atom stereocenters. The molecule has 1 N–H and O–H groups in total. The number of aryl methyl sites for hydroxylation is 1. The number of aromatic nitrogens is 2. The van der Waals surface area contributed by atoms with E-state index in [4.69, 9.17) is 0 Å². The number of likely N-dealkylation sites (tertiary alicyclic amines) is 1. The van der Waals surface area contributed by atoms with Gasteiger partial charge in [-0.1, -0.05) is 13.0 Å². The first-order valence-corrected chi connectivity index (χ1v) is 8.30. The third kappa shape index (κ3) is 3.92. The fraction of sp³-hybridized carbons (Fsp3) is 0.389. The van der Waals surface area contributed by atoms with Crippen molar-refractivity contribution < 1.29 is 13.6 Å². The summed E-state index contributed by atoms with van der Waals surface area (Å²) in [5, 5.41) is 2.54. The van der Waals surface area contributed by atoms with Gasteiger partial charge in [0.05, 0.1) is 0 Å². The minimum Gasteiger partial charge on any atom is -0.337 e. The molecule has 0 saturated carbocycles. The smallest absolute Gasteiger partial charge is 0.272 e. The Morgan fingerprint density at radius 1 is 1.20 bits per heavy atom. The molecule has 132 valence electrons. The molecule has 0 spiro atoms. The Balaban J connectivity index is 1.84. The van der Waals surface area contributed by atoms with Gasteiger partial charge in [0.1, 0.15) is 23.0 Å². The van der Waals surface area contributed by atoms with Crippen molar-refractivity contribution in [3.63, 3.8) is 0 Å². The number of nitrogens with one attached hydrogen (secondary N) is 1. The zero-order valence-corrected chi connectivity index (χ0v) is 14.2. The van der Waals surface area contributed by atoms with Crippen molar-refractivity contribution >= 4 is 17.5 Å². The van der Waals surface area contributed by atoms with Gasteiger partial charge in [0.25, 0.3) is 5.91 Å². The number of rotatable bonds is 3. The van der Waals surface area contributed by atoms with E-state index in [-0.39, 0.29) is 23.2 Å². The number of carbonyl (C=O) groups is 1. The molecule has 1 fully saturated rings. The second-order valence-electron chi connectivity index (χ2n) is 6.41. The number of carbonyl (C=O) groups excluding carboxylic acids is 1. The molecule has 1 aromatic heterocycles. The molecule has 0 atom stereocenters. The lowest BCUT2D eigenvalue weighted by molar-refractivity contribution is 0.0691. The maximum Gasteiger partial charge on any atom is 0.272 e. The molecule has 1 amide bonds. The minimum atomic E-state index is -0.747. The van der Waals surface area contributed by atoms with Crippen molar-refractivity contribution in [1.82, 2.24) is 14.9 Å². The van der Waals surface area contributed by atoms with Gasteiger partial charge in [-0.25, -0.2) is 18.7 Å². The summed E-state index contributed by atoms with van der Waals surface area (Å²) in [7, 11) is 0. The zero-order chi connectivity index (χ0) is 18.0. The number of anilines is 2. The summed E-state index contributed by atoms with van der Waals surface area (Å²) in [5.41, 5.74) is 0.433. The van der Waals surface area contributed by atoms with Crippen LogP contribution in [-0.2, 0) is 0 Å². The normalized spacial score (nSPS) is 15.3. The topological polar surface area (TPSA) is 58.1 Å². The Morgan fingerprint density at radius 2 is 1.84 bits per heavy atom. The molecule has 0 bridgehead atoms. The number of benzene rings is 1. The van der Waals surface area contributed by atoms with Crippen molar-refractivity contribution in [1.29, 1.82) is 0 Å². The van der Waals surface area contributed by atoms with Crippen molar-refractivity contribution in [3.05, 3.63) is 47.3 Å². The Labute approximate surface area is 145 Å². The van der Waals surface area contributed by atoms with E-state index in [1.54, 1.807) is 17.9 Å². The van der Waals surface area contributed by atoms with Crippen LogP contribution in [0.15, 0.2) is 24.3 Å². The molecule has 2 aromatic rings. The zero-order valence-electron chi connectivity index (χ0n) is 14.2. The van der Waals surface area contributed by atoms with Gasteiger partial charge in [0.2, 0.25) is 5.95 Å². The van der Waals surface area contributed by atoms with Crippen LogP contribution in [0.5, 0.6) is 0 Å². The van der Waals surface area contributed by atoms with Crippen molar-refractivity contribution in [2.45, 2.75) is 26.7 Å². The standard InChI is InChI=1S/C18H20F2N4O/c1-11-6-8-24(9-7-11)17(25)15-10-12(2)21-18(22-15)23-16-13(19)4-3-5-14(16)20/h3-5,10-11H,6-9H2,1-2H3,(H,21,22,23). The number of nitrogens with zero attached hydrogens (tertiary/aromatic N) is 3. The first kappa shape index (κ1) is 17.3. The molecule has 1 saturated heterocycles. The minimum absolute atomic E-state index is 0.00210. The highest BCUT2D eigenvalue weighted by molar-refractivity contribution is 5.92. The lowest BCUT2D eigenvalue weighted by Gasteiger charge is -2.30. The van der Waals surface area contributed by atoms with Crippen LogP contribution >= 0.6 is 0 Å².